The summed E-state index contributed by atoms with van der Waals surface area (Å²) >= 11 is 0. The van der Waals surface area contributed by atoms with Gasteiger partial charge in [-0.05, 0) is 58.1 Å². The smallest absolute Gasteiger partial charge is 0.146 e. The normalized spacial score (nSPS) is 12.7. The van der Waals surface area contributed by atoms with Gasteiger partial charge in [-0.2, -0.15) is 0 Å². The Morgan fingerprint density at radius 3 is 1.92 bits per heavy atom. The summed E-state index contributed by atoms with van der Waals surface area (Å²) in [7, 11) is 0. The first-order valence-corrected chi connectivity index (χ1v) is 20.4. The fraction of sp³-hybridized carbons (Fsp3) is 0. The molecule has 15 aromatic rings. The zero-order chi connectivity index (χ0) is 38.1. The third-order valence-electron chi connectivity index (χ3n) is 13.5. The van der Waals surface area contributed by atoms with E-state index in [2.05, 4.69) is 195 Å². The lowest BCUT2D eigenvalue weighted by Crippen LogP contribution is -1.93. The maximum Gasteiger partial charge on any atom is 0.146 e. The van der Waals surface area contributed by atoms with Gasteiger partial charge in [0.05, 0.1) is 44.8 Å². The maximum absolute atomic E-state index is 5.51. The van der Waals surface area contributed by atoms with Crippen molar-refractivity contribution in [2.45, 2.75) is 0 Å². The first-order valence-electron chi connectivity index (χ1n) is 20.4. The summed E-state index contributed by atoms with van der Waals surface area (Å²) in [6, 6.07) is 64.9. The molecule has 0 aliphatic heterocycles. The Morgan fingerprint density at radius 2 is 1.02 bits per heavy atom. The van der Waals surface area contributed by atoms with Gasteiger partial charge in [-0.15, -0.1) is 0 Å². The zero-order valence-electron chi connectivity index (χ0n) is 31.6. The van der Waals surface area contributed by atoms with Gasteiger partial charge >= 0.3 is 0 Å². The van der Waals surface area contributed by atoms with Crippen LogP contribution < -0.4 is 0 Å². The minimum Gasteiger partial charge on any atom is -0.309 e. The first-order chi connectivity index (χ1) is 29.3. The van der Waals surface area contributed by atoms with E-state index in [-0.39, 0.29) is 0 Å². The van der Waals surface area contributed by atoms with Crippen LogP contribution in [0, 0.1) is 0 Å². The highest BCUT2D eigenvalue weighted by atomic mass is 15.0. The van der Waals surface area contributed by atoms with Gasteiger partial charge in [-0.1, -0.05) is 140 Å². The zero-order valence-corrected chi connectivity index (χ0v) is 31.6. The van der Waals surface area contributed by atoms with Crippen molar-refractivity contribution in [1.82, 2.24) is 18.4 Å². The molecular weight excluding hydrogens is 717 g/mol. The molecule has 6 aromatic heterocycles. The number of nitrogens with zero attached hydrogens (tertiary/aromatic N) is 4. The van der Waals surface area contributed by atoms with Crippen molar-refractivity contribution in [3.8, 4) is 16.8 Å². The van der Waals surface area contributed by atoms with Crippen LogP contribution in [0.2, 0.25) is 0 Å². The Hall–Kier alpha value is -7.95. The van der Waals surface area contributed by atoms with Crippen molar-refractivity contribution in [2.75, 3.05) is 0 Å². The molecule has 0 saturated carbocycles. The lowest BCUT2D eigenvalue weighted by atomic mass is 9.97. The van der Waals surface area contributed by atoms with Gasteiger partial charge in [0, 0.05) is 70.5 Å². The van der Waals surface area contributed by atoms with E-state index in [1.165, 1.54) is 125 Å². The van der Waals surface area contributed by atoms with E-state index >= 15 is 0 Å². The van der Waals surface area contributed by atoms with Crippen molar-refractivity contribution in [1.29, 1.82) is 0 Å². The summed E-state index contributed by atoms with van der Waals surface area (Å²) in [6.07, 6.45) is 2.15. The summed E-state index contributed by atoms with van der Waals surface area (Å²) in [6.45, 7) is 0. The number of fused-ring (bicyclic) bond motifs is 20. The van der Waals surface area contributed by atoms with Crippen molar-refractivity contribution in [2.24, 2.45) is 0 Å². The van der Waals surface area contributed by atoms with Crippen molar-refractivity contribution < 1.29 is 0 Å². The van der Waals surface area contributed by atoms with E-state index in [0.717, 1.165) is 11.2 Å². The number of pyridine rings is 1. The van der Waals surface area contributed by atoms with Gasteiger partial charge < -0.3 is 8.97 Å². The molecule has 9 aromatic carbocycles. The number of aromatic nitrogens is 4. The summed E-state index contributed by atoms with van der Waals surface area (Å²) in [4.78, 5) is 5.51. The monoisotopic (exact) mass is 746 g/mol. The number of para-hydroxylation sites is 4. The van der Waals surface area contributed by atoms with Crippen molar-refractivity contribution in [3.05, 3.63) is 182 Å². The minimum absolute atomic E-state index is 1.01. The summed E-state index contributed by atoms with van der Waals surface area (Å²) < 4.78 is 7.39. The van der Waals surface area contributed by atoms with Crippen LogP contribution in [0.25, 0.3) is 136 Å². The Balaban J connectivity index is 1.11. The molecule has 4 heteroatoms. The predicted octanol–water partition coefficient (Wildman–Crippen LogP) is 14.5. The fourth-order valence-corrected chi connectivity index (χ4v) is 11.2. The highest BCUT2D eigenvalue weighted by Crippen LogP contribution is 2.50. The van der Waals surface area contributed by atoms with E-state index in [9.17, 15) is 0 Å². The summed E-state index contributed by atoms with van der Waals surface area (Å²) in [5.74, 6) is 0. The van der Waals surface area contributed by atoms with Gasteiger partial charge in [0.2, 0.25) is 0 Å². The van der Waals surface area contributed by atoms with Gasteiger partial charge in [-0.3, -0.25) is 4.40 Å². The SMILES string of the molecule is c1ccc(-n2c3ccccc3c3cc(-c4cccc5c6cccc7c8c9c%10c%11ccccc%11cc%11c%12ccc%13ccccc%13c%12n(c9ncc8n(c45)c67)c%11%10)ccc32)cc1. The largest absolute Gasteiger partial charge is 0.309 e. The number of benzene rings is 9. The molecule has 59 heavy (non-hydrogen) atoms. The van der Waals surface area contributed by atoms with Crippen LogP contribution in [0.3, 0.4) is 0 Å². The molecule has 15 rings (SSSR count). The highest BCUT2D eigenvalue weighted by molar-refractivity contribution is 6.40. The summed E-state index contributed by atoms with van der Waals surface area (Å²) in [5, 5.41) is 17.6. The second-order valence-corrected chi connectivity index (χ2v) is 16.3. The molecule has 6 heterocycles. The van der Waals surface area contributed by atoms with E-state index in [0.29, 0.717) is 0 Å². The van der Waals surface area contributed by atoms with Gasteiger partial charge in [0.15, 0.2) is 0 Å². The topological polar surface area (TPSA) is 26.6 Å². The van der Waals surface area contributed by atoms with Crippen LogP contribution in [0.4, 0.5) is 0 Å². The van der Waals surface area contributed by atoms with Gasteiger partial charge in [0.25, 0.3) is 0 Å². The highest BCUT2D eigenvalue weighted by Gasteiger charge is 2.27. The molecule has 4 nitrogen and oxygen atoms in total. The molecule has 0 fully saturated rings. The van der Waals surface area contributed by atoms with E-state index in [1.54, 1.807) is 0 Å². The number of rotatable bonds is 2. The Kier molecular flexibility index (Phi) is 5.38. The van der Waals surface area contributed by atoms with Gasteiger partial charge in [0.1, 0.15) is 5.65 Å². The molecule has 0 saturated heterocycles. The second-order valence-electron chi connectivity index (χ2n) is 16.3. The Morgan fingerprint density at radius 1 is 0.339 bits per heavy atom. The molecule has 0 unspecified atom stereocenters. The predicted molar refractivity (Wildman–Crippen MR) is 248 cm³/mol. The number of hydrogen-bond donors (Lipinski definition) is 0. The van der Waals surface area contributed by atoms with Crippen LogP contribution in [-0.2, 0) is 0 Å². The lowest BCUT2D eigenvalue weighted by molar-refractivity contribution is 1.18. The molecule has 0 atom stereocenters. The standard InChI is InChI=1S/C55H30N4/c1-2-14-34(15-3-1)57-45-23-9-8-18-38(45)43-28-33(25-27-46(43)57)37-19-10-20-39-40-21-11-22-42-48-47(58(51(37)39)53(40)42)30-56-55-50(48)49-35-16-6-5-13-32(35)29-44-41-26-24-31-12-4-7-17-36(31)52(41)59(55)54(44)49/h1-30H. The van der Waals surface area contributed by atoms with E-state index in [1.807, 2.05) is 0 Å². The lowest BCUT2D eigenvalue weighted by Gasteiger charge is -2.09. The van der Waals surface area contributed by atoms with Crippen LogP contribution in [0.1, 0.15) is 0 Å². The molecule has 270 valence electrons. The quantitative estimate of drug-likeness (QED) is 0.173. The van der Waals surface area contributed by atoms with Crippen molar-refractivity contribution in [3.63, 3.8) is 0 Å². The van der Waals surface area contributed by atoms with Crippen LogP contribution in [0.15, 0.2) is 182 Å². The van der Waals surface area contributed by atoms with Crippen molar-refractivity contribution >= 4 is 120 Å². The Labute approximate surface area is 335 Å². The van der Waals surface area contributed by atoms with Gasteiger partial charge in [-0.25, -0.2) is 4.98 Å². The van der Waals surface area contributed by atoms with Crippen LogP contribution >= 0.6 is 0 Å². The number of hydrogen-bond acceptors (Lipinski definition) is 1. The van der Waals surface area contributed by atoms with Crippen LogP contribution in [-0.4, -0.2) is 18.4 Å². The second kappa shape index (κ2) is 10.5. The Bertz CT molecular complexity index is 4300. The molecule has 0 radical (unpaired) electrons. The third kappa shape index (κ3) is 3.56. The van der Waals surface area contributed by atoms with E-state index in [4.69, 9.17) is 4.98 Å². The molecule has 0 N–H and O–H groups in total. The summed E-state index contributed by atoms with van der Waals surface area (Å²) in [5.41, 5.74) is 13.1. The molecule has 0 spiro atoms. The average molecular weight is 747 g/mol. The first kappa shape index (κ1) is 30.2. The minimum atomic E-state index is 1.01. The average Bonchev–Trinajstić information content (AvgIpc) is 4.09. The molecule has 0 amide bonds. The third-order valence-corrected chi connectivity index (χ3v) is 13.5. The molecular formula is C55H30N4. The molecule has 0 aliphatic rings. The molecule has 0 aliphatic carbocycles. The maximum atomic E-state index is 5.51. The molecule has 0 bridgehead atoms. The van der Waals surface area contributed by atoms with E-state index < -0.39 is 0 Å². The fourth-order valence-electron chi connectivity index (χ4n) is 11.2. The van der Waals surface area contributed by atoms with Crippen LogP contribution in [0.5, 0.6) is 0 Å².